The highest BCUT2D eigenvalue weighted by atomic mass is 16.5. The van der Waals surface area contributed by atoms with E-state index in [1.807, 2.05) is 0 Å². The molecular formula is C23H25N3O4. The number of pyridine rings is 1. The highest BCUT2D eigenvalue weighted by molar-refractivity contribution is 6.04. The first-order chi connectivity index (χ1) is 14.5. The standard InChI is InChI=1S/C23H25N3O4/c1-16(27)30-19-11-9-18(10-12-19)25-22(28)20-15-17-7-4-2-3-5-8-21(17)26(23(20)29)14-6-13-24/h9-12,15H,2-8,14H2,1H3,(H,25,28). The van der Waals surface area contributed by atoms with Crippen LogP contribution in [0.5, 0.6) is 5.75 Å². The van der Waals surface area contributed by atoms with Crippen LogP contribution in [0.1, 0.15) is 60.6 Å². The number of hydrogen-bond acceptors (Lipinski definition) is 5. The summed E-state index contributed by atoms with van der Waals surface area (Å²) in [7, 11) is 0. The normalized spacial score (nSPS) is 13.3. The Kier molecular flexibility index (Phi) is 7.02. The number of esters is 1. The van der Waals surface area contributed by atoms with Gasteiger partial charge in [0.2, 0.25) is 0 Å². The average molecular weight is 407 g/mol. The van der Waals surface area contributed by atoms with Gasteiger partial charge in [-0.3, -0.25) is 14.4 Å². The van der Waals surface area contributed by atoms with Gasteiger partial charge < -0.3 is 14.6 Å². The van der Waals surface area contributed by atoms with Crippen LogP contribution in [-0.4, -0.2) is 16.4 Å². The van der Waals surface area contributed by atoms with Gasteiger partial charge in [0.05, 0.1) is 12.5 Å². The lowest BCUT2D eigenvalue weighted by atomic mass is 9.95. The second-order valence-electron chi connectivity index (χ2n) is 7.38. The number of rotatable bonds is 5. The topological polar surface area (TPSA) is 101 Å². The second kappa shape index (κ2) is 9.88. The molecule has 156 valence electrons. The van der Waals surface area contributed by atoms with Crippen LogP contribution in [0.15, 0.2) is 35.1 Å². The van der Waals surface area contributed by atoms with Gasteiger partial charge in [0.1, 0.15) is 11.3 Å². The lowest BCUT2D eigenvalue weighted by Gasteiger charge is -2.20. The lowest BCUT2D eigenvalue weighted by molar-refractivity contribution is -0.131. The molecule has 0 fully saturated rings. The number of nitrogens with zero attached hydrogens (tertiary/aromatic N) is 2. The number of carbonyl (C=O) groups excluding carboxylic acids is 2. The first-order valence-electron chi connectivity index (χ1n) is 10.2. The Morgan fingerprint density at radius 2 is 1.83 bits per heavy atom. The molecule has 3 rings (SSSR count). The van der Waals surface area contributed by atoms with Gasteiger partial charge in [0.15, 0.2) is 0 Å². The number of benzene rings is 1. The molecule has 0 atom stereocenters. The number of anilines is 1. The predicted molar refractivity (Wildman–Crippen MR) is 113 cm³/mol. The first kappa shape index (κ1) is 21.3. The average Bonchev–Trinajstić information content (AvgIpc) is 2.69. The maximum Gasteiger partial charge on any atom is 0.308 e. The third-order valence-electron chi connectivity index (χ3n) is 5.17. The zero-order valence-corrected chi connectivity index (χ0v) is 17.1. The van der Waals surface area contributed by atoms with Gasteiger partial charge in [-0.1, -0.05) is 12.8 Å². The van der Waals surface area contributed by atoms with Gasteiger partial charge in [0.25, 0.3) is 11.5 Å². The van der Waals surface area contributed by atoms with Crippen molar-refractivity contribution in [2.24, 2.45) is 0 Å². The molecule has 0 radical (unpaired) electrons. The van der Waals surface area contributed by atoms with Crippen LogP contribution in [0.4, 0.5) is 5.69 Å². The van der Waals surface area contributed by atoms with Crippen molar-refractivity contribution < 1.29 is 14.3 Å². The Hall–Kier alpha value is -3.40. The van der Waals surface area contributed by atoms with Gasteiger partial charge in [-0.25, -0.2) is 0 Å². The predicted octanol–water partition coefficient (Wildman–Crippen LogP) is 3.60. The molecule has 0 saturated heterocycles. The van der Waals surface area contributed by atoms with E-state index in [1.54, 1.807) is 34.9 Å². The van der Waals surface area contributed by atoms with E-state index in [4.69, 9.17) is 10.00 Å². The number of aromatic nitrogens is 1. The molecule has 1 heterocycles. The van der Waals surface area contributed by atoms with Crippen LogP contribution in [0.3, 0.4) is 0 Å². The lowest BCUT2D eigenvalue weighted by Crippen LogP contribution is -2.33. The van der Waals surface area contributed by atoms with E-state index < -0.39 is 11.9 Å². The molecule has 7 heteroatoms. The zero-order chi connectivity index (χ0) is 21.5. The highest BCUT2D eigenvalue weighted by Gasteiger charge is 2.20. The van der Waals surface area contributed by atoms with Crippen molar-refractivity contribution in [2.75, 3.05) is 5.32 Å². The molecule has 1 aliphatic rings. The number of carbonyl (C=O) groups is 2. The molecule has 0 unspecified atom stereocenters. The quantitative estimate of drug-likeness (QED) is 0.603. The number of hydrogen-bond donors (Lipinski definition) is 1. The molecule has 0 spiro atoms. The maximum absolute atomic E-state index is 13.1. The van der Waals surface area contributed by atoms with Crippen molar-refractivity contribution >= 4 is 17.6 Å². The number of ether oxygens (including phenoxy) is 1. The summed E-state index contributed by atoms with van der Waals surface area (Å²) in [5, 5.41) is 11.7. The molecule has 30 heavy (non-hydrogen) atoms. The molecule has 0 bridgehead atoms. The number of nitrogens with one attached hydrogen (secondary N) is 1. The molecule has 1 N–H and O–H groups in total. The summed E-state index contributed by atoms with van der Waals surface area (Å²) in [5.41, 5.74) is 2.18. The Bertz CT molecular complexity index is 1030. The van der Waals surface area contributed by atoms with Crippen molar-refractivity contribution in [3.63, 3.8) is 0 Å². The van der Waals surface area contributed by atoms with Crippen LogP contribution in [0, 0.1) is 11.3 Å². The van der Waals surface area contributed by atoms with E-state index in [-0.39, 0.29) is 24.1 Å². The van der Waals surface area contributed by atoms with Crippen molar-refractivity contribution in [2.45, 2.75) is 58.4 Å². The fraction of sp³-hybridized carbons (Fsp3) is 0.391. The SMILES string of the molecule is CC(=O)Oc1ccc(NC(=O)c2cc3c(n(CCC#N)c2=O)CCCCCC3)cc1. The van der Waals surface area contributed by atoms with Crippen molar-refractivity contribution in [1.29, 1.82) is 5.26 Å². The minimum absolute atomic E-state index is 0.0799. The third-order valence-corrected chi connectivity index (χ3v) is 5.17. The Morgan fingerprint density at radius 1 is 1.13 bits per heavy atom. The largest absolute Gasteiger partial charge is 0.427 e. The Labute approximate surface area is 175 Å². The molecular weight excluding hydrogens is 382 g/mol. The van der Waals surface area contributed by atoms with Gasteiger partial charge in [-0.15, -0.1) is 0 Å². The molecule has 1 aliphatic carbocycles. The Balaban J connectivity index is 1.91. The highest BCUT2D eigenvalue weighted by Crippen LogP contribution is 2.21. The molecule has 1 amide bonds. The van der Waals surface area contributed by atoms with Crippen molar-refractivity contribution in [3.8, 4) is 11.8 Å². The van der Waals surface area contributed by atoms with Crippen molar-refractivity contribution in [3.05, 3.63) is 57.5 Å². The van der Waals surface area contributed by atoms with E-state index >= 15 is 0 Å². The number of aryl methyl sites for hydroxylation is 1. The third kappa shape index (κ3) is 5.15. The van der Waals surface area contributed by atoms with Crippen LogP contribution in [-0.2, 0) is 24.2 Å². The van der Waals surface area contributed by atoms with E-state index in [1.165, 1.54) is 6.92 Å². The summed E-state index contributed by atoms with van der Waals surface area (Å²) in [5.74, 6) is -0.540. The summed E-state index contributed by atoms with van der Waals surface area (Å²) >= 11 is 0. The van der Waals surface area contributed by atoms with Crippen molar-refractivity contribution in [1.82, 2.24) is 4.57 Å². The summed E-state index contributed by atoms with van der Waals surface area (Å²) < 4.78 is 6.60. The second-order valence-corrected chi connectivity index (χ2v) is 7.38. The van der Waals surface area contributed by atoms with E-state index in [9.17, 15) is 14.4 Å². The summed E-state index contributed by atoms with van der Waals surface area (Å²) in [6, 6.07) is 10.2. The molecule has 7 nitrogen and oxygen atoms in total. The zero-order valence-electron chi connectivity index (χ0n) is 17.1. The number of fused-ring (bicyclic) bond motifs is 1. The van der Waals surface area contributed by atoms with Crippen LogP contribution in [0.25, 0.3) is 0 Å². The number of amides is 1. The Morgan fingerprint density at radius 3 is 2.50 bits per heavy atom. The minimum Gasteiger partial charge on any atom is -0.427 e. The fourth-order valence-electron chi connectivity index (χ4n) is 3.77. The van der Waals surface area contributed by atoms with Gasteiger partial charge >= 0.3 is 5.97 Å². The maximum atomic E-state index is 13.1. The fourth-order valence-corrected chi connectivity index (χ4v) is 3.77. The molecule has 0 aliphatic heterocycles. The minimum atomic E-state index is -0.490. The molecule has 2 aromatic rings. The van der Waals surface area contributed by atoms with E-state index in [0.717, 1.165) is 49.8 Å². The van der Waals surface area contributed by atoms with Gasteiger partial charge in [-0.2, -0.15) is 5.26 Å². The molecule has 1 aromatic heterocycles. The smallest absolute Gasteiger partial charge is 0.308 e. The molecule has 0 saturated carbocycles. The van der Waals surface area contributed by atoms with Crippen LogP contribution in [0.2, 0.25) is 0 Å². The first-order valence-corrected chi connectivity index (χ1v) is 10.2. The van der Waals surface area contributed by atoms with E-state index in [2.05, 4.69) is 11.4 Å². The van der Waals surface area contributed by atoms with Crippen LogP contribution < -0.4 is 15.6 Å². The number of nitriles is 1. The molecule has 1 aromatic carbocycles. The van der Waals surface area contributed by atoms with Gasteiger partial charge in [0, 0.05) is 24.8 Å². The monoisotopic (exact) mass is 407 g/mol. The summed E-state index contributed by atoms with van der Waals surface area (Å²) in [6.07, 6.45) is 6.09. The van der Waals surface area contributed by atoms with Crippen LogP contribution >= 0.6 is 0 Å². The van der Waals surface area contributed by atoms with Gasteiger partial charge in [-0.05, 0) is 61.6 Å². The van der Waals surface area contributed by atoms with E-state index in [0.29, 0.717) is 11.4 Å². The summed E-state index contributed by atoms with van der Waals surface area (Å²) in [4.78, 5) is 37.0. The summed E-state index contributed by atoms with van der Waals surface area (Å²) in [6.45, 7) is 1.60.